The predicted molar refractivity (Wildman–Crippen MR) is 76.7 cm³/mol. The van der Waals surface area contributed by atoms with Crippen molar-refractivity contribution in [3.8, 4) is 11.5 Å². The molecule has 0 amide bonds. The van der Waals surface area contributed by atoms with Crippen molar-refractivity contribution in [3.05, 3.63) is 23.8 Å². The SMILES string of the molecule is COc1cccc(OC)c1CNC[C@@H]1CCSC1. The highest BCUT2D eigenvalue weighted by molar-refractivity contribution is 7.99. The van der Waals surface area contributed by atoms with Crippen molar-refractivity contribution in [1.29, 1.82) is 0 Å². The molecule has 1 N–H and O–H groups in total. The molecule has 1 aromatic rings. The Labute approximate surface area is 113 Å². The van der Waals surface area contributed by atoms with Gasteiger partial charge in [0.1, 0.15) is 11.5 Å². The van der Waals surface area contributed by atoms with E-state index in [0.717, 1.165) is 36.1 Å². The van der Waals surface area contributed by atoms with E-state index in [1.54, 1.807) is 14.2 Å². The van der Waals surface area contributed by atoms with Gasteiger partial charge in [-0.2, -0.15) is 11.8 Å². The molecule has 0 saturated carbocycles. The lowest BCUT2D eigenvalue weighted by Gasteiger charge is -2.15. The Morgan fingerprint density at radius 1 is 1.28 bits per heavy atom. The molecule has 0 aliphatic carbocycles. The number of thioether (sulfide) groups is 1. The standard InChI is InChI=1S/C14H21NO2S/c1-16-13-4-3-5-14(17-2)12(13)9-15-8-11-6-7-18-10-11/h3-5,11,15H,6-10H2,1-2H3/t11-/m0/s1. The van der Waals surface area contributed by atoms with Crippen LogP contribution in [-0.2, 0) is 6.54 Å². The van der Waals surface area contributed by atoms with Gasteiger partial charge in [-0.25, -0.2) is 0 Å². The molecule has 100 valence electrons. The number of nitrogens with one attached hydrogen (secondary N) is 1. The largest absolute Gasteiger partial charge is 0.496 e. The van der Waals surface area contributed by atoms with Gasteiger partial charge in [-0.1, -0.05) is 6.07 Å². The van der Waals surface area contributed by atoms with Crippen LogP contribution in [0.25, 0.3) is 0 Å². The summed E-state index contributed by atoms with van der Waals surface area (Å²) in [5.41, 5.74) is 1.10. The normalized spacial score (nSPS) is 18.9. The Balaban J connectivity index is 1.94. The van der Waals surface area contributed by atoms with Gasteiger partial charge in [0.15, 0.2) is 0 Å². The Morgan fingerprint density at radius 2 is 2.00 bits per heavy atom. The second kappa shape index (κ2) is 6.90. The Hall–Kier alpha value is -0.870. The van der Waals surface area contributed by atoms with E-state index < -0.39 is 0 Å². The molecule has 1 heterocycles. The van der Waals surface area contributed by atoms with Crippen LogP contribution < -0.4 is 14.8 Å². The molecular weight excluding hydrogens is 246 g/mol. The number of hydrogen-bond donors (Lipinski definition) is 1. The van der Waals surface area contributed by atoms with Crippen molar-refractivity contribution in [1.82, 2.24) is 5.32 Å². The van der Waals surface area contributed by atoms with Gasteiger partial charge in [0.05, 0.1) is 14.2 Å². The molecule has 0 aromatic heterocycles. The highest BCUT2D eigenvalue weighted by atomic mass is 32.2. The van der Waals surface area contributed by atoms with E-state index in [1.165, 1.54) is 17.9 Å². The van der Waals surface area contributed by atoms with Crippen molar-refractivity contribution in [3.63, 3.8) is 0 Å². The van der Waals surface area contributed by atoms with E-state index in [-0.39, 0.29) is 0 Å². The van der Waals surface area contributed by atoms with Crippen molar-refractivity contribution >= 4 is 11.8 Å². The topological polar surface area (TPSA) is 30.5 Å². The summed E-state index contributed by atoms with van der Waals surface area (Å²) >= 11 is 2.05. The summed E-state index contributed by atoms with van der Waals surface area (Å²) < 4.78 is 10.8. The molecule has 1 aliphatic rings. The highest BCUT2D eigenvalue weighted by Crippen LogP contribution is 2.28. The molecule has 2 rings (SSSR count). The fourth-order valence-electron chi connectivity index (χ4n) is 2.25. The fraction of sp³-hybridized carbons (Fsp3) is 0.571. The molecule has 0 unspecified atom stereocenters. The van der Waals surface area contributed by atoms with Crippen LogP contribution in [-0.4, -0.2) is 32.3 Å². The third-order valence-corrected chi connectivity index (χ3v) is 4.52. The number of hydrogen-bond acceptors (Lipinski definition) is 4. The maximum Gasteiger partial charge on any atom is 0.127 e. The molecule has 18 heavy (non-hydrogen) atoms. The summed E-state index contributed by atoms with van der Waals surface area (Å²) in [7, 11) is 3.40. The van der Waals surface area contributed by atoms with Crippen LogP contribution in [0.5, 0.6) is 11.5 Å². The first-order valence-corrected chi connectivity index (χ1v) is 7.49. The van der Waals surface area contributed by atoms with Gasteiger partial charge < -0.3 is 14.8 Å². The summed E-state index contributed by atoms with van der Waals surface area (Å²) in [6, 6.07) is 5.91. The zero-order valence-corrected chi connectivity index (χ0v) is 11.9. The Bertz CT molecular complexity index is 356. The van der Waals surface area contributed by atoms with Crippen LogP contribution in [0.15, 0.2) is 18.2 Å². The van der Waals surface area contributed by atoms with Gasteiger partial charge >= 0.3 is 0 Å². The number of ether oxygens (including phenoxy) is 2. The van der Waals surface area contributed by atoms with Crippen molar-refractivity contribution in [2.45, 2.75) is 13.0 Å². The minimum atomic E-state index is 0.800. The number of benzene rings is 1. The van der Waals surface area contributed by atoms with Gasteiger partial charge in [-0.3, -0.25) is 0 Å². The van der Waals surface area contributed by atoms with Crippen molar-refractivity contribution in [2.75, 3.05) is 32.3 Å². The molecule has 0 bridgehead atoms. The minimum absolute atomic E-state index is 0.800. The summed E-state index contributed by atoms with van der Waals surface area (Å²) in [5.74, 6) is 5.20. The van der Waals surface area contributed by atoms with Crippen molar-refractivity contribution in [2.24, 2.45) is 5.92 Å². The number of methoxy groups -OCH3 is 2. The first-order chi connectivity index (χ1) is 8.85. The van der Waals surface area contributed by atoms with Crippen molar-refractivity contribution < 1.29 is 9.47 Å². The summed E-state index contributed by atoms with van der Waals surface area (Å²) in [4.78, 5) is 0. The molecule has 0 radical (unpaired) electrons. The molecule has 1 fully saturated rings. The lowest BCUT2D eigenvalue weighted by Crippen LogP contribution is -2.22. The molecule has 1 saturated heterocycles. The maximum absolute atomic E-state index is 5.39. The van der Waals surface area contributed by atoms with Crippen LogP contribution in [0.4, 0.5) is 0 Å². The molecular formula is C14H21NO2S. The molecule has 1 aromatic carbocycles. The Morgan fingerprint density at radius 3 is 2.56 bits per heavy atom. The van der Waals surface area contributed by atoms with E-state index in [0.29, 0.717) is 0 Å². The second-order valence-corrected chi connectivity index (χ2v) is 5.65. The van der Waals surface area contributed by atoms with E-state index in [9.17, 15) is 0 Å². The quantitative estimate of drug-likeness (QED) is 0.858. The summed E-state index contributed by atoms with van der Waals surface area (Å²) in [6.45, 7) is 1.88. The predicted octanol–water partition coefficient (Wildman–Crippen LogP) is 2.55. The smallest absolute Gasteiger partial charge is 0.127 e. The van der Waals surface area contributed by atoms with Gasteiger partial charge in [0, 0.05) is 12.1 Å². The second-order valence-electron chi connectivity index (χ2n) is 4.50. The monoisotopic (exact) mass is 267 g/mol. The maximum atomic E-state index is 5.39. The van der Waals surface area contributed by atoms with Gasteiger partial charge in [0.2, 0.25) is 0 Å². The lowest BCUT2D eigenvalue weighted by atomic mass is 10.1. The first kappa shape index (κ1) is 13.6. The fourth-order valence-corrected chi connectivity index (χ4v) is 3.53. The molecule has 3 nitrogen and oxygen atoms in total. The number of rotatable bonds is 6. The molecule has 0 spiro atoms. The van der Waals surface area contributed by atoms with Gasteiger partial charge in [-0.15, -0.1) is 0 Å². The van der Waals surface area contributed by atoms with E-state index in [2.05, 4.69) is 17.1 Å². The third kappa shape index (κ3) is 3.33. The van der Waals surface area contributed by atoms with Gasteiger partial charge in [-0.05, 0) is 42.5 Å². The van der Waals surface area contributed by atoms with Crippen LogP contribution in [0.2, 0.25) is 0 Å². The van der Waals surface area contributed by atoms with Gasteiger partial charge in [0.25, 0.3) is 0 Å². The third-order valence-electron chi connectivity index (χ3n) is 3.29. The lowest BCUT2D eigenvalue weighted by molar-refractivity contribution is 0.380. The van der Waals surface area contributed by atoms with Crippen LogP contribution in [0.1, 0.15) is 12.0 Å². The molecule has 4 heteroatoms. The van der Waals surface area contributed by atoms with Crippen LogP contribution in [0.3, 0.4) is 0 Å². The first-order valence-electron chi connectivity index (χ1n) is 6.33. The van der Waals surface area contributed by atoms with E-state index in [4.69, 9.17) is 9.47 Å². The average Bonchev–Trinajstić information content (AvgIpc) is 2.92. The molecule has 1 atom stereocenters. The van der Waals surface area contributed by atoms with E-state index >= 15 is 0 Å². The average molecular weight is 267 g/mol. The van der Waals surface area contributed by atoms with Crippen LogP contribution in [0, 0.1) is 5.92 Å². The zero-order chi connectivity index (χ0) is 12.8. The minimum Gasteiger partial charge on any atom is -0.496 e. The highest BCUT2D eigenvalue weighted by Gasteiger charge is 2.15. The van der Waals surface area contributed by atoms with Crippen LogP contribution >= 0.6 is 11.8 Å². The summed E-state index contributed by atoms with van der Waals surface area (Å²) in [6.07, 6.45) is 1.33. The van der Waals surface area contributed by atoms with E-state index in [1.807, 2.05) is 18.2 Å². The molecule has 1 aliphatic heterocycles. The summed E-state index contributed by atoms with van der Waals surface area (Å²) in [5, 5.41) is 3.52. The zero-order valence-electron chi connectivity index (χ0n) is 11.1. The Kier molecular flexibility index (Phi) is 5.20.